The van der Waals surface area contributed by atoms with Crippen LogP contribution in [0.15, 0.2) is 66.9 Å². The van der Waals surface area contributed by atoms with E-state index >= 15 is 0 Å². The molecule has 3 N–H and O–H groups in total. The highest BCUT2D eigenvalue weighted by atomic mass is 35.5. The summed E-state index contributed by atoms with van der Waals surface area (Å²) in [6.07, 6.45) is 4.77. The van der Waals surface area contributed by atoms with Crippen LogP contribution in [0.2, 0.25) is 5.02 Å². The number of halogens is 1. The normalized spacial score (nSPS) is 14.2. The Morgan fingerprint density at radius 3 is 2.65 bits per heavy atom. The minimum Gasteiger partial charge on any atom is -0.389 e. The third-order valence-corrected chi connectivity index (χ3v) is 7.59. The van der Waals surface area contributed by atoms with Gasteiger partial charge in [0.1, 0.15) is 0 Å². The van der Waals surface area contributed by atoms with Gasteiger partial charge >= 0.3 is 0 Å². The van der Waals surface area contributed by atoms with E-state index in [-0.39, 0.29) is 0 Å². The van der Waals surface area contributed by atoms with Gasteiger partial charge in [-0.3, -0.25) is 10.1 Å². The summed E-state index contributed by atoms with van der Waals surface area (Å²) in [6, 6.07) is 20.3. The van der Waals surface area contributed by atoms with Gasteiger partial charge in [0.15, 0.2) is 0 Å². The van der Waals surface area contributed by atoms with Crippen LogP contribution in [0.5, 0.6) is 0 Å². The van der Waals surface area contributed by atoms with Crippen LogP contribution in [0, 0.1) is 0 Å². The predicted molar refractivity (Wildman–Crippen MR) is 135 cm³/mol. The van der Waals surface area contributed by atoms with E-state index in [9.17, 15) is 5.11 Å². The molecule has 2 aromatic heterocycles. The number of hydrogen-bond acceptors (Lipinski definition) is 5. The average Bonchev–Trinajstić information content (AvgIpc) is 3.54. The Hall–Kier alpha value is -1.89. The fraction of sp³-hybridized carbons (Fsp3) is 0.240. The molecule has 0 saturated heterocycles. The maximum atomic E-state index is 9.86. The van der Waals surface area contributed by atoms with Gasteiger partial charge in [0.25, 0.3) is 0 Å². The number of hydrogen-bond donors (Lipinski definition) is 2. The van der Waals surface area contributed by atoms with Crippen LogP contribution in [-0.2, 0) is 6.42 Å². The zero-order valence-corrected chi connectivity index (χ0v) is 19.7. The van der Waals surface area contributed by atoms with E-state index in [1.54, 1.807) is 24.5 Å². The van der Waals surface area contributed by atoms with E-state index in [0.29, 0.717) is 0 Å². The lowest BCUT2D eigenvalue weighted by Crippen LogP contribution is -1.93. The van der Waals surface area contributed by atoms with Crippen molar-refractivity contribution in [1.29, 1.82) is 0 Å². The Labute approximate surface area is 196 Å². The summed E-state index contributed by atoms with van der Waals surface area (Å²) in [5.41, 5.74) is 4.00. The van der Waals surface area contributed by atoms with Crippen molar-refractivity contribution >= 4 is 45.0 Å². The number of nitrogens with zero attached hydrogens (tertiary/aromatic N) is 1. The Balaban J connectivity index is 0.000000407. The smallest absolute Gasteiger partial charge is 0.0763 e. The molecule has 160 valence electrons. The van der Waals surface area contributed by atoms with Crippen LogP contribution in [0.25, 0.3) is 21.3 Å². The topological polar surface area (TPSA) is 59.1 Å². The summed E-state index contributed by atoms with van der Waals surface area (Å²) in [6.45, 7) is 1.77. The SMILES string of the molecule is CC(O)c1ccnc(-c2cccc3cc(Cc4ccccc4Cl)sc23)c1.NSC1CC1. The van der Waals surface area contributed by atoms with Crippen LogP contribution >= 0.6 is 34.9 Å². The molecule has 4 aromatic rings. The maximum Gasteiger partial charge on any atom is 0.0763 e. The van der Waals surface area contributed by atoms with E-state index in [1.165, 1.54) is 39.8 Å². The Bertz CT molecular complexity index is 1170. The largest absolute Gasteiger partial charge is 0.389 e. The number of aliphatic hydroxyl groups is 1. The van der Waals surface area contributed by atoms with Crippen molar-refractivity contribution in [2.24, 2.45) is 5.14 Å². The van der Waals surface area contributed by atoms with Gasteiger partial charge in [-0.15, -0.1) is 11.3 Å². The lowest BCUT2D eigenvalue weighted by Gasteiger charge is -2.07. The van der Waals surface area contributed by atoms with Crippen molar-refractivity contribution in [1.82, 2.24) is 4.98 Å². The molecule has 0 radical (unpaired) electrons. The molecule has 1 unspecified atom stereocenters. The second-order valence-electron chi connectivity index (χ2n) is 7.69. The first-order valence-electron chi connectivity index (χ1n) is 10.3. The minimum absolute atomic E-state index is 0.505. The molecule has 0 amide bonds. The van der Waals surface area contributed by atoms with Crippen molar-refractivity contribution in [3.05, 3.63) is 87.9 Å². The first-order chi connectivity index (χ1) is 15.0. The molecule has 1 aliphatic rings. The minimum atomic E-state index is -0.505. The van der Waals surface area contributed by atoms with Gasteiger partial charge in [-0.25, -0.2) is 0 Å². The maximum absolute atomic E-state index is 9.86. The third-order valence-electron chi connectivity index (χ3n) is 5.18. The summed E-state index contributed by atoms with van der Waals surface area (Å²) in [7, 11) is 0. The summed E-state index contributed by atoms with van der Waals surface area (Å²) in [5, 5.41) is 17.9. The zero-order valence-electron chi connectivity index (χ0n) is 17.3. The molecule has 0 aliphatic heterocycles. The monoisotopic (exact) mass is 468 g/mol. The lowest BCUT2D eigenvalue weighted by atomic mass is 10.0. The van der Waals surface area contributed by atoms with Gasteiger partial charge in [0.05, 0.1) is 11.8 Å². The second-order valence-corrected chi connectivity index (χ2v) is 10.2. The number of rotatable bonds is 5. The third kappa shape index (κ3) is 5.68. The molecule has 31 heavy (non-hydrogen) atoms. The molecule has 5 rings (SSSR count). The highest BCUT2D eigenvalue weighted by molar-refractivity contribution is 7.97. The van der Waals surface area contributed by atoms with Crippen LogP contribution in [0.3, 0.4) is 0 Å². The lowest BCUT2D eigenvalue weighted by molar-refractivity contribution is 0.199. The predicted octanol–water partition coefficient (Wildman–Crippen LogP) is 7.02. The fourth-order valence-corrected chi connectivity index (χ4v) is 5.11. The zero-order chi connectivity index (χ0) is 21.8. The number of aromatic nitrogens is 1. The first-order valence-corrected chi connectivity index (χ1v) is 12.4. The quantitative estimate of drug-likeness (QED) is 0.309. The van der Waals surface area contributed by atoms with Crippen molar-refractivity contribution < 1.29 is 5.11 Å². The summed E-state index contributed by atoms with van der Waals surface area (Å²) in [5.74, 6) is 0. The Morgan fingerprint density at radius 1 is 1.16 bits per heavy atom. The van der Waals surface area contributed by atoms with Crippen molar-refractivity contribution in [2.75, 3.05) is 0 Å². The summed E-state index contributed by atoms with van der Waals surface area (Å²) in [4.78, 5) is 5.79. The molecule has 2 aromatic carbocycles. The van der Waals surface area contributed by atoms with Gasteiger partial charge < -0.3 is 5.11 Å². The molecule has 1 fully saturated rings. The van der Waals surface area contributed by atoms with E-state index in [1.807, 2.05) is 30.3 Å². The number of pyridine rings is 1. The Morgan fingerprint density at radius 2 is 1.97 bits per heavy atom. The molecule has 1 atom stereocenters. The number of fused-ring (bicyclic) bond motifs is 1. The van der Waals surface area contributed by atoms with Gasteiger partial charge in [0, 0.05) is 38.0 Å². The van der Waals surface area contributed by atoms with Gasteiger partial charge in [-0.2, -0.15) is 0 Å². The molecule has 1 saturated carbocycles. The molecular weight excluding hydrogens is 444 g/mol. The van der Waals surface area contributed by atoms with Gasteiger partial charge in [-0.05, 0) is 60.5 Å². The van der Waals surface area contributed by atoms with Crippen LogP contribution in [0.4, 0.5) is 0 Å². The van der Waals surface area contributed by atoms with Gasteiger partial charge in [-0.1, -0.05) is 59.9 Å². The van der Waals surface area contributed by atoms with Crippen molar-refractivity contribution in [3.63, 3.8) is 0 Å². The molecule has 2 heterocycles. The summed E-state index contributed by atoms with van der Waals surface area (Å²) < 4.78 is 1.21. The number of nitrogens with two attached hydrogens (primary N) is 1. The molecule has 3 nitrogen and oxygen atoms in total. The van der Waals surface area contributed by atoms with Crippen molar-refractivity contribution in [2.45, 2.75) is 37.5 Å². The standard InChI is InChI=1S/C22H18ClNOS.C3H7NS/c1-14(25)15-9-10-24-21(13-15)19-7-4-6-17-12-18(26-22(17)19)11-16-5-2-3-8-20(16)23;4-5-3-1-2-3/h2-10,12-14,25H,11H2,1H3;3H,1-2,4H2. The fourth-order valence-electron chi connectivity index (χ4n) is 3.29. The average molecular weight is 469 g/mol. The van der Waals surface area contributed by atoms with Crippen LogP contribution in [0.1, 0.15) is 41.9 Å². The van der Waals surface area contributed by atoms with Gasteiger partial charge in [0.2, 0.25) is 0 Å². The Kier molecular flexibility index (Phi) is 7.31. The number of thiophene rings is 1. The van der Waals surface area contributed by atoms with Crippen LogP contribution in [-0.4, -0.2) is 15.3 Å². The second kappa shape index (κ2) is 10.2. The van der Waals surface area contributed by atoms with E-state index in [0.717, 1.165) is 39.1 Å². The van der Waals surface area contributed by atoms with E-state index in [2.05, 4.69) is 35.3 Å². The molecule has 0 bridgehead atoms. The van der Waals surface area contributed by atoms with Crippen molar-refractivity contribution in [3.8, 4) is 11.3 Å². The number of benzene rings is 2. The van der Waals surface area contributed by atoms with E-state index < -0.39 is 6.10 Å². The van der Waals surface area contributed by atoms with E-state index in [4.69, 9.17) is 16.7 Å². The number of aliphatic hydroxyl groups excluding tert-OH is 1. The summed E-state index contributed by atoms with van der Waals surface area (Å²) >= 11 is 9.58. The highest BCUT2D eigenvalue weighted by Crippen LogP contribution is 2.36. The molecule has 0 spiro atoms. The highest BCUT2D eigenvalue weighted by Gasteiger charge is 2.19. The molecule has 6 heteroatoms. The van der Waals surface area contributed by atoms with Crippen LogP contribution < -0.4 is 5.14 Å². The molecular formula is C25H25ClN2OS2. The first kappa shape index (κ1) is 22.3. The molecule has 1 aliphatic carbocycles.